The van der Waals surface area contributed by atoms with Crippen LogP contribution in [0.3, 0.4) is 0 Å². The summed E-state index contributed by atoms with van der Waals surface area (Å²) in [5, 5.41) is 9.72. The van der Waals surface area contributed by atoms with E-state index in [1.165, 1.54) is 0 Å². The van der Waals surface area contributed by atoms with Crippen molar-refractivity contribution in [3.8, 4) is 22.8 Å². The summed E-state index contributed by atoms with van der Waals surface area (Å²) in [7, 11) is 0. The lowest BCUT2D eigenvalue weighted by Gasteiger charge is -2.26. The third-order valence-corrected chi connectivity index (χ3v) is 4.77. The SMILES string of the molecule is Cc1c(OCC2COCCO2)cc(=O)n2c1-c1ccc(O)cc1CC2. The fraction of sp³-hybridized carbons (Fsp3) is 0.421. The van der Waals surface area contributed by atoms with E-state index in [4.69, 9.17) is 14.2 Å². The van der Waals surface area contributed by atoms with Crippen LogP contribution in [0.4, 0.5) is 0 Å². The summed E-state index contributed by atoms with van der Waals surface area (Å²) in [5.74, 6) is 0.820. The van der Waals surface area contributed by atoms with E-state index in [1.807, 2.05) is 13.0 Å². The number of aryl methyl sites for hydroxylation is 1. The minimum Gasteiger partial charge on any atom is -0.508 e. The number of rotatable bonds is 3. The number of phenols is 1. The molecule has 0 bridgehead atoms. The number of phenolic OH excluding ortho intramolecular Hbond substituents is 1. The minimum absolute atomic E-state index is 0.0739. The lowest BCUT2D eigenvalue weighted by atomic mass is 9.94. The van der Waals surface area contributed by atoms with Crippen LogP contribution in [0.15, 0.2) is 29.1 Å². The number of pyridine rings is 1. The summed E-state index contributed by atoms with van der Waals surface area (Å²) >= 11 is 0. The highest BCUT2D eigenvalue weighted by Gasteiger charge is 2.23. The zero-order valence-electron chi connectivity index (χ0n) is 14.2. The topological polar surface area (TPSA) is 69.9 Å². The van der Waals surface area contributed by atoms with E-state index >= 15 is 0 Å². The van der Waals surface area contributed by atoms with Crippen molar-refractivity contribution >= 4 is 0 Å². The van der Waals surface area contributed by atoms with Crippen molar-refractivity contribution in [1.82, 2.24) is 4.57 Å². The van der Waals surface area contributed by atoms with Crippen LogP contribution in [0.1, 0.15) is 11.1 Å². The van der Waals surface area contributed by atoms with Gasteiger partial charge in [0.05, 0.1) is 25.5 Å². The van der Waals surface area contributed by atoms with Crippen molar-refractivity contribution in [2.75, 3.05) is 26.4 Å². The first-order chi connectivity index (χ1) is 12.1. The molecule has 2 aliphatic heterocycles. The van der Waals surface area contributed by atoms with Gasteiger partial charge >= 0.3 is 0 Å². The van der Waals surface area contributed by atoms with Crippen molar-refractivity contribution in [2.45, 2.75) is 26.0 Å². The van der Waals surface area contributed by atoms with Crippen LogP contribution in [0.5, 0.6) is 11.5 Å². The standard InChI is InChI=1S/C19H21NO5/c1-12-17(25-11-15-10-23-6-7-24-15)9-18(22)20-5-4-13-8-14(21)2-3-16(13)19(12)20/h2-3,8-9,15,21H,4-7,10-11H2,1H3. The molecule has 4 rings (SSSR count). The molecule has 1 atom stereocenters. The van der Waals surface area contributed by atoms with Crippen LogP contribution in [0, 0.1) is 6.92 Å². The maximum atomic E-state index is 12.5. The Morgan fingerprint density at radius 2 is 2.20 bits per heavy atom. The molecular formula is C19H21NO5. The first-order valence-corrected chi connectivity index (χ1v) is 8.52. The van der Waals surface area contributed by atoms with Crippen molar-refractivity contribution < 1.29 is 19.3 Å². The predicted molar refractivity (Wildman–Crippen MR) is 92.3 cm³/mol. The zero-order valence-corrected chi connectivity index (χ0v) is 14.2. The van der Waals surface area contributed by atoms with E-state index in [9.17, 15) is 9.90 Å². The molecule has 1 aromatic carbocycles. The van der Waals surface area contributed by atoms with Gasteiger partial charge in [-0.3, -0.25) is 4.79 Å². The summed E-state index contributed by atoms with van der Waals surface area (Å²) in [4.78, 5) is 12.5. The molecule has 1 unspecified atom stereocenters. The van der Waals surface area contributed by atoms with Gasteiger partial charge in [-0.05, 0) is 37.1 Å². The van der Waals surface area contributed by atoms with Gasteiger partial charge in [0.1, 0.15) is 24.2 Å². The largest absolute Gasteiger partial charge is 0.508 e. The van der Waals surface area contributed by atoms with Crippen LogP contribution in [0.25, 0.3) is 11.3 Å². The first-order valence-electron chi connectivity index (χ1n) is 8.52. The molecule has 132 valence electrons. The van der Waals surface area contributed by atoms with Gasteiger partial charge in [0.15, 0.2) is 0 Å². The molecule has 25 heavy (non-hydrogen) atoms. The maximum Gasteiger partial charge on any atom is 0.254 e. The Morgan fingerprint density at radius 3 is 3.00 bits per heavy atom. The molecule has 0 saturated carbocycles. The monoisotopic (exact) mass is 343 g/mol. The highest BCUT2D eigenvalue weighted by Crippen LogP contribution is 2.35. The molecule has 0 spiro atoms. The molecule has 0 amide bonds. The fourth-order valence-electron chi connectivity index (χ4n) is 3.51. The molecular weight excluding hydrogens is 322 g/mol. The second-order valence-electron chi connectivity index (χ2n) is 6.44. The zero-order chi connectivity index (χ0) is 17.4. The molecule has 1 N–H and O–H groups in total. The van der Waals surface area contributed by atoms with Crippen molar-refractivity contribution in [3.63, 3.8) is 0 Å². The van der Waals surface area contributed by atoms with Gasteiger partial charge in [-0.1, -0.05) is 0 Å². The maximum absolute atomic E-state index is 12.5. The normalized spacial score (nSPS) is 19.2. The van der Waals surface area contributed by atoms with E-state index in [1.54, 1.807) is 22.8 Å². The highest BCUT2D eigenvalue weighted by atomic mass is 16.6. The van der Waals surface area contributed by atoms with Crippen LogP contribution in [-0.4, -0.2) is 42.2 Å². The van der Waals surface area contributed by atoms with E-state index in [0.717, 1.165) is 28.8 Å². The number of aromatic nitrogens is 1. The van der Waals surface area contributed by atoms with Gasteiger partial charge < -0.3 is 23.9 Å². The van der Waals surface area contributed by atoms with Crippen LogP contribution < -0.4 is 10.3 Å². The molecule has 3 heterocycles. The lowest BCUT2D eigenvalue weighted by molar-refractivity contribution is -0.101. The van der Waals surface area contributed by atoms with Crippen LogP contribution in [-0.2, 0) is 22.4 Å². The Morgan fingerprint density at radius 1 is 1.32 bits per heavy atom. The molecule has 2 aliphatic rings. The Labute approximate surface area is 145 Å². The Bertz CT molecular complexity index is 852. The number of benzene rings is 1. The minimum atomic E-state index is -0.115. The van der Waals surface area contributed by atoms with Crippen molar-refractivity contribution in [3.05, 3.63) is 45.7 Å². The highest BCUT2D eigenvalue weighted by molar-refractivity contribution is 5.71. The van der Waals surface area contributed by atoms with E-state index in [0.29, 0.717) is 38.7 Å². The number of aromatic hydroxyl groups is 1. The average molecular weight is 343 g/mol. The van der Waals surface area contributed by atoms with Crippen LogP contribution in [0.2, 0.25) is 0 Å². The Hall–Kier alpha value is -2.31. The fourth-order valence-corrected chi connectivity index (χ4v) is 3.51. The molecule has 1 saturated heterocycles. The smallest absolute Gasteiger partial charge is 0.254 e. The summed E-state index contributed by atoms with van der Waals surface area (Å²) in [6, 6.07) is 6.83. The molecule has 0 aliphatic carbocycles. The Kier molecular flexibility index (Phi) is 4.23. The van der Waals surface area contributed by atoms with Crippen molar-refractivity contribution in [2.24, 2.45) is 0 Å². The summed E-state index contributed by atoms with van der Waals surface area (Å²) in [6.07, 6.45) is 0.611. The van der Waals surface area contributed by atoms with E-state index < -0.39 is 0 Å². The number of hydrogen-bond acceptors (Lipinski definition) is 5. The van der Waals surface area contributed by atoms with Gasteiger partial charge in [0, 0.05) is 23.7 Å². The number of fused-ring (bicyclic) bond motifs is 3. The number of ether oxygens (including phenoxy) is 3. The van der Waals surface area contributed by atoms with Gasteiger partial charge in [0.2, 0.25) is 0 Å². The summed E-state index contributed by atoms with van der Waals surface area (Å²) < 4.78 is 18.6. The lowest BCUT2D eigenvalue weighted by Crippen LogP contribution is -2.34. The van der Waals surface area contributed by atoms with Gasteiger partial charge in [-0.15, -0.1) is 0 Å². The Balaban J connectivity index is 1.69. The van der Waals surface area contributed by atoms with Gasteiger partial charge in [-0.25, -0.2) is 0 Å². The van der Waals surface area contributed by atoms with Gasteiger partial charge in [0.25, 0.3) is 5.56 Å². The summed E-state index contributed by atoms with van der Waals surface area (Å²) in [6.45, 7) is 4.60. The van der Waals surface area contributed by atoms with Crippen LogP contribution >= 0.6 is 0 Å². The molecule has 1 fully saturated rings. The molecule has 2 aromatic rings. The van der Waals surface area contributed by atoms with E-state index in [2.05, 4.69) is 0 Å². The molecule has 6 heteroatoms. The van der Waals surface area contributed by atoms with Crippen molar-refractivity contribution in [1.29, 1.82) is 0 Å². The second-order valence-corrected chi connectivity index (χ2v) is 6.44. The molecule has 1 aromatic heterocycles. The number of hydrogen-bond donors (Lipinski definition) is 1. The van der Waals surface area contributed by atoms with E-state index in [-0.39, 0.29) is 17.4 Å². The quantitative estimate of drug-likeness (QED) is 0.921. The third-order valence-electron chi connectivity index (χ3n) is 4.77. The average Bonchev–Trinajstić information content (AvgIpc) is 2.63. The first kappa shape index (κ1) is 16.2. The third kappa shape index (κ3) is 3.03. The molecule has 6 nitrogen and oxygen atoms in total. The molecule has 0 radical (unpaired) electrons. The predicted octanol–water partition coefficient (Wildman–Crippen LogP) is 1.88. The van der Waals surface area contributed by atoms with Gasteiger partial charge in [-0.2, -0.15) is 0 Å². The second kappa shape index (κ2) is 6.54. The summed E-state index contributed by atoms with van der Waals surface area (Å²) in [5.41, 5.74) is 3.73. The number of nitrogens with zero attached hydrogens (tertiary/aromatic N) is 1.